The molecule has 0 aromatic rings. The van der Waals surface area contributed by atoms with Gasteiger partial charge in [0, 0.05) is 24.0 Å². The van der Waals surface area contributed by atoms with Crippen LogP contribution in [-0.4, -0.2) is 28.6 Å². The number of carbonyl (C=O) groups is 2. The van der Waals surface area contributed by atoms with Crippen molar-refractivity contribution in [3.8, 4) is 0 Å². The summed E-state index contributed by atoms with van der Waals surface area (Å²) in [5.41, 5.74) is 0. The van der Waals surface area contributed by atoms with Crippen LogP contribution in [0.4, 0.5) is 0 Å². The summed E-state index contributed by atoms with van der Waals surface area (Å²) in [6.45, 7) is 13.4. The molecule has 0 fully saturated rings. The summed E-state index contributed by atoms with van der Waals surface area (Å²) in [6, 6.07) is 0. The third-order valence-electron chi connectivity index (χ3n) is 1.86. The van der Waals surface area contributed by atoms with Crippen molar-refractivity contribution in [3.63, 3.8) is 0 Å². The second-order valence-electron chi connectivity index (χ2n) is 4.68. The Labute approximate surface area is 147 Å². The molecule has 0 saturated carbocycles. The van der Waals surface area contributed by atoms with Gasteiger partial charge in [-0.25, -0.2) is 0 Å². The van der Waals surface area contributed by atoms with Crippen LogP contribution in [0.2, 0.25) is 0 Å². The van der Waals surface area contributed by atoms with Crippen LogP contribution in [0.15, 0.2) is 23.7 Å². The maximum atomic E-state index is 10.7. The topological polar surface area (TPSA) is 91.7 Å². The van der Waals surface area contributed by atoms with E-state index < -0.39 is 0 Å². The largest absolute Gasteiger partial charge is 2.00 e. The number of aliphatic hydroxyl groups excluding tert-OH is 2. The first-order chi connectivity index (χ1) is 9.07. The van der Waals surface area contributed by atoms with E-state index in [2.05, 4.69) is 6.79 Å². The van der Waals surface area contributed by atoms with Gasteiger partial charge in [0.1, 0.15) is 0 Å². The summed E-state index contributed by atoms with van der Waals surface area (Å²) in [5.74, 6) is 0.119. The SMILES string of the molecule is C/C(O)=C/C(=O)C(C)C.CC(=O)/C=C(\O)C(C)C.[CH-]=O.[CH3-].[Ru+2]. The second kappa shape index (κ2) is 19.7. The molecular weight excluding hydrogens is 373 g/mol. The van der Waals surface area contributed by atoms with Crippen LogP contribution >= 0.6 is 0 Å². The van der Waals surface area contributed by atoms with Gasteiger partial charge < -0.3 is 22.4 Å². The molecule has 0 spiro atoms. The van der Waals surface area contributed by atoms with Crippen molar-refractivity contribution in [1.29, 1.82) is 0 Å². The molecule has 0 saturated heterocycles. The molecule has 0 aromatic carbocycles. The third kappa shape index (κ3) is 27.1. The third-order valence-corrected chi connectivity index (χ3v) is 1.86. The number of rotatable bonds is 4. The van der Waals surface area contributed by atoms with Gasteiger partial charge in [0.05, 0.1) is 11.5 Å². The van der Waals surface area contributed by atoms with Crippen LogP contribution in [0.1, 0.15) is 41.5 Å². The van der Waals surface area contributed by atoms with Gasteiger partial charge >= 0.3 is 19.5 Å². The number of carbonyl (C=O) groups excluding carboxylic acids is 3. The van der Waals surface area contributed by atoms with Gasteiger partial charge in [-0.05, 0) is 13.8 Å². The molecule has 5 nitrogen and oxygen atoms in total. The fourth-order valence-corrected chi connectivity index (χ4v) is 0.747. The van der Waals surface area contributed by atoms with Gasteiger partial charge in [-0.15, -0.1) is 0 Å². The first kappa shape index (κ1) is 32.6. The Kier molecular flexibility index (Phi) is 29.2. The molecule has 0 radical (unpaired) electrons. The van der Waals surface area contributed by atoms with Gasteiger partial charge in [0.2, 0.25) is 0 Å². The van der Waals surface area contributed by atoms with Gasteiger partial charge in [0.25, 0.3) is 0 Å². The molecule has 0 atom stereocenters. The van der Waals surface area contributed by atoms with Gasteiger partial charge in [0.15, 0.2) is 11.6 Å². The number of hydrogen-bond acceptors (Lipinski definition) is 5. The molecule has 0 aliphatic heterocycles. The van der Waals surface area contributed by atoms with Crippen molar-refractivity contribution in [3.05, 3.63) is 31.1 Å². The maximum Gasteiger partial charge on any atom is 2.00 e. The summed E-state index contributed by atoms with van der Waals surface area (Å²) >= 11 is 0. The number of ketones is 2. The van der Waals surface area contributed by atoms with Crippen LogP contribution in [0, 0.1) is 19.3 Å². The van der Waals surface area contributed by atoms with Crippen molar-refractivity contribution in [2.24, 2.45) is 11.8 Å². The Balaban J connectivity index is -0.0000000726. The van der Waals surface area contributed by atoms with Crippen molar-refractivity contribution >= 4 is 18.4 Å². The monoisotopic (exact) mass is 402 g/mol. The van der Waals surface area contributed by atoms with Crippen LogP contribution in [0.5, 0.6) is 0 Å². The molecule has 130 valence electrons. The van der Waals surface area contributed by atoms with Crippen LogP contribution in [-0.2, 0) is 33.9 Å². The molecule has 6 heteroatoms. The van der Waals surface area contributed by atoms with Crippen LogP contribution in [0.3, 0.4) is 0 Å². The number of hydrogen-bond donors (Lipinski definition) is 2. The van der Waals surface area contributed by atoms with E-state index in [1.165, 1.54) is 26.0 Å². The zero-order valence-electron chi connectivity index (χ0n) is 14.4. The normalized spacial score (nSPS) is 10.2. The quantitative estimate of drug-likeness (QED) is 0.247. The summed E-state index contributed by atoms with van der Waals surface area (Å²) in [4.78, 5) is 28.8. The van der Waals surface area contributed by atoms with E-state index in [0.29, 0.717) is 0 Å². The van der Waals surface area contributed by atoms with E-state index >= 15 is 0 Å². The van der Waals surface area contributed by atoms with E-state index in [0.717, 1.165) is 0 Å². The fourth-order valence-electron chi connectivity index (χ4n) is 0.747. The molecule has 2 N–H and O–H groups in total. The average Bonchev–Trinajstić information content (AvgIpc) is 2.30. The summed E-state index contributed by atoms with van der Waals surface area (Å²) in [7, 11) is 0. The number of aliphatic hydroxyl groups is 2. The molecule has 0 heterocycles. The van der Waals surface area contributed by atoms with Crippen molar-refractivity contribution in [2.75, 3.05) is 0 Å². The molecule has 0 bridgehead atoms. The Morgan fingerprint density at radius 3 is 1.36 bits per heavy atom. The molecular formula is C16H28O5Ru. The minimum atomic E-state index is -0.110. The first-order valence-electron chi connectivity index (χ1n) is 6.13. The predicted molar refractivity (Wildman–Crippen MR) is 85.6 cm³/mol. The van der Waals surface area contributed by atoms with E-state index in [1.807, 2.05) is 13.8 Å². The summed E-state index contributed by atoms with van der Waals surface area (Å²) in [5, 5.41) is 17.5. The first-order valence-corrected chi connectivity index (χ1v) is 6.13. The molecule has 0 amide bonds. The Morgan fingerprint density at radius 2 is 1.27 bits per heavy atom. The molecule has 0 rings (SSSR count). The summed E-state index contributed by atoms with van der Waals surface area (Å²) < 4.78 is 0. The maximum absolute atomic E-state index is 10.7. The second-order valence-corrected chi connectivity index (χ2v) is 4.68. The van der Waals surface area contributed by atoms with E-state index in [4.69, 9.17) is 15.0 Å². The minimum absolute atomic E-state index is 0. The summed E-state index contributed by atoms with van der Waals surface area (Å²) in [6.07, 6.45) is 2.48. The van der Waals surface area contributed by atoms with Crippen molar-refractivity contribution < 1.29 is 44.1 Å². The fraction of sp³-hybridized carbons (Fsp3) is 0.500. The Hall–Kier alpha value is -1.29. The standard InChI is InChI=1S/2C7H12O2.CHO.CH3.Ru/c2*1-5(2)7(9)4-6(3)8;1-2;;/h4-5,9H,1-3H3;4-5,8H,1-3H3;1H;1H3;/q;;2*-1;+2/b7-4-;6-4-;;;. The zero-order valence-corrected chi connectivity index (χ0v) is 16.1. The molecule has 0 aliphatic rings. The van der Waals surface area contributed by atoms with Crippen LogP contribution < -0.4 is 0 Å². The molecule has 0 aliphatic carbocycles. The molecule has 0 unspecified atom stereocenters. The predicted octanol–water partition coefficient (Wildman–Crippen LogP) is 3.52. The van der Waals surface area contributed by atoms with Gasteiger partial charge in [-0.2, -0.15) is 0 Å². The Bertz CT molecular complexity index is 354. The van der Waals surface area contributed by atoms with E-state index in [-0.39, 0.29) is 61.8 Å². The smallest absolute Gasteiger partial charge is 0.545 e. The Morgan fingerprint density at radius 1 is 0.909 bits per heavy atom. The molecule has 0 aromatic heterocycles. The van der Waals surface area contributed by atoms with E-state index in [1.54, 1.807) is 13.8 Å². The molecule has 22 heavy (non-hydrogen) atoms. The average molecular weight is 401 g/mol. The number of allylic oxidation sites excluding steroid dienone is 4. The van der Waals surface area contributed by atoms with Crippen molar-refractivity contribution in [1.82, 2.24) is 0 Å². The van der Waals surface area contributed by atoms with Crippen LogP contribution in [0.25, 0.3) is 0 Å². The van der Waals surface area contributed by atoms with Gasteiger partial charge in [-0.1, -0.05) is 27.7 Å². The minimum Gasteiger partial charge on any atom is -0.545 e. The van der Waals surface area contributed by atoms with E-state index in [9.17, 15) is 9.59 Å². The van der Waals surface area contributed by atoms with Crippen molar-refractivity contribution in [2.45, 2.75) is 41.5 Å². The zero-order chi connectivity index (χ0) is 16.9. The van der Waals surface area contributed by atoms with Gasteiger partial charge in [-0.3, -0.25) is 16.4 Å².